The average molecular weight is 262 g/mol. The van der Waals surface area contributed by atoms with Crippen LogP contribution in [0.4, 0.5) is 0 Å². The number of aromatic nitrogens is 3. The largest absolute Gasteiger partial charge is 0.287 e. The fourth-order valence-corrected chi connectivity index (χ4v) is 2.31. The molecule has 0 spiro atoms. The number of aryl methyl sites for hydroxylation is 1. The molecule has 4 heteroatoms. The van der Waals surface area contributed by atoms with Crippen LogP contribution in [-0.2, 0) is 6.42 Å². The van der Waals surface area contributed by atoms with E-state index in [4.69, 9.17) is 0 Å². The smallest absolute Gasteiger partial charge is 0.156 e. The highest BCUT2D eigenvalue weighted by Gasteiger charge is 2.11. The van der Waals surface area contributed by atoms with Crippen LogP contribution < -0.4 is 0 Å². The highest BCUT2D eigenvalue weighted by atomic mass is 15.1. The quantitative estimate of drug-likeness (QED) is 0.728. The van der Waals surface area contributed by atoms with Gasteiger partial charge < -0.3 is 0 Å². The molecule has 0 unspecified atom stereocenters. The Balaban J connectivity index is 2.24. The van der Waals surface area contributed by atoms with E-state index in [1.54, 1.807) is 6.20 Å². The lowest BCUT2D eigenvalue weighted by molar-refractivity contribution is 0.799. The molecule has 0 aliphatic heterocycles. The Morgan fingerprint density at radius 2 is 2.15 bits per heavy atom. The lowest BCUT2D eigenvalue weighted by atomic mass is 10.1. The van der Waals surface area contributed by atoms with Crippen LogP contribution in [0.2, 0.25) is 0 Å². The molecule has 0 fully saturated rings. The SMILES string of the molecule is CCCc1nccn1-c1nc2ccccc2cc1C#N. The standard InChI is InChI=1S/C16H14N4/c1-2-5-15-18-8-9-20(15)16-13(11-17)10-12-6-3-4-7-14(12)19-16/h3-4,6-10H,2,5H2,1H3. The van der Waals surface area contributed by atoms with E-state index >= 15 is 0 Å². The summed E-state index contributed by atoms with van der Waals surface area (Å²) in [5.74, 6) is 1.60. The molecule has 0 amide bonds. The monoisotopic (exact) mass is 262 g/mol. The Hall–Kier alpha value is -2.67. The van der Waals surface area contributed by atoms with Crippen LogP contribution in [0.25, 0.3) is 16.7 Å². The summed E-state index contributed by atoms with van der Waals surface area (Å²) in [5.41, 5.74) is 1.46. The number of nitriles is 1. The topological polar surface area (TPSA) is 54.5 Å². The molecule has 0 aliphatic carbocycles. The molecule has 98 valence electrons. The van der Waals surface area contributed by atoms with Crippen LogP contribution in [0.5, 0.6) is 0 Å². The van der Waals surface area contributed by atoms with Crippen molar-refractivity contribution in [2.45, 2.75) is 19.8 Å². The van der Waals surface area contributed by atoms with Gasteiger partial charge in [-0.15, -0.1) is 0 Å². The van der Waals surface area contributed by atoms with E-state index in [-0.39, 0.29) is 0 Å². The molecule has 0 saturated heterocycles. The third-order valence-corrected chi connectivity index (χ3v) is 3.24. The lowest BCUT2D eigenvalue weighted by Gasteiger charge is -2.09. The molecule has 0 atom stereocenters. The average Bonchev–Trinajstić information content (AvgIpc) is 2.94. The van der Waals surface area contributed by atoms with Gasteiger partial charge in [0, 0.05) is 24.2 Å². The van der Waals surface area contributed by atoms with Crippen molar-refractivity contribution in [1.82, 2.24) is 14.5 Å². The molecule has 3 aromatic rings. The van der Waals surface area contributed by atoms with Crippen LogP contribution in [0.3, 0.4) is 0 Å². The van der Waals surface area contributed by atoms with E-state index in [1.165, 1.54) is 0 Å². The van der Waals surface area contributed by atoms with Gasteiger partial charge in [-0.25, -0.2) is 9.97 Å². The molecule has 4 nitrogen and oxygen atoms in total. The number of rotatable bonds is 3. The van der Waals surface area contributed by atoms with Crippen molar-refractivity contribution in [2.24, 2.45) is 0 Å². The number of imidazole rings is 1. The zero-order valence-electron chi connectivity index (χ0n) is 11.2. The summed E-state index contributed by atoms with van der Waals surface area (Å²) in [6.07, 6.45) is 5.49. The summed E-state index contributed by atoms with van der Waals surface area (Å²) in [5, 5.41) is 10.4. The summed E-state index contributed by atoms with van der Waals surface area (Å²) in [4.78, 5) is 8.98. The Morgan fingerprint density at radius 1 is 1.30 bits per heavy atom. The Labute approximate surface area is 117 Å². The van der Waals surface area contributed by atoms with Gasteiger partial charge in [0.25, 0.3) is 0 Å². The van der Waals surface area contributed by atoms with Crippen molar-refractivity contribution in [3.05, 3.63) is 54.1 Å². The lowest BCUT2D eigenvalue weighted by Crippen LogP contribution is -2.05. The molecule has 2 aromatic heterocycles. The van der Waals surface area contributed by atoms with E-state index in [0.717, 1.165) is 29.6 Å². The van der Waals surface area contributed by atoms with Gasteiger partial charge in [-0.3, -0.25) is 4.57 Å². The van der Waals surface area contributed by atoms with Crippen LogP contribution in [0.1, 0.15) is 24.7 Å². The molecule has 3 rings (SSSR count). The number of nitrogens with zero attached hydrogens (tertiary/aromatic N) is 4. The highest BCUT2D eigenvalue weighted by Crippen LogP contribution is 2.20. The third kappa shape index (κ3) is 2.04. The fraction of sp³-hybridized carbons (Fsp3) is 0.188. The maximum Gasteiger partial charge on any atom is 0.156 e. The van der Waals surface area contributed by atoms with E-state index in [2.05, 4.69) is 23.0 Å². The number of para-hydroxylation sites is 1. The van der Waals surface area contributed by atoms with Crippen LogP contribution in [0.15, 0.2) is 42.7 Å². The zero-order chi connectivity index (χ0) is 13.9. The van der Waals surface area contributed by atoms with Gasteiger partial charge in [0.2, 0.25) is 0 Å². The van der Waals surface area contributed by atoms with Crippen LogP contribution in [-0.4, -0.2) is 14.5 Å². The molecular formula is C16H14N4. The molecular weight excluding hydrogens is 248 g/mol. The molecule has 0 radical (unpaired) electrons. The first-order valence-corrected chi connectivity index (χ1v) is 6.66. The molecule has 0 saturated carbocycles. The Kier molecular flexibility index (Phi) is 3.18. The van der Waals surface area contributed by atoms with Gasteiger partial charge in [0.05, 0.1) is 11.1 Å². The second kappa shape index (κ2) is 5.14. The zero-order valence-corrected chi connectivity index (χ0v) is 11.2. The molecule has 1 aromatic carbocycles. The summed E-state index contributed by atoms with van der Waals surface area (Å²) >= 11 is 0. The predicted octanol–water partition coefficient (Wildman–Crippen LogP) is 3.24. The fourth-order valence-electron chi connectivity index (χ4n) is 2.31. The van der Waals surface area contributed by atoms with E-state index in [1.807, 2.05) is 41.1 Å². The number of fused-ring (bicyclic) bond motifs is 1. The normalized spacial score (nSPS) is 10.6. The van der Waals surface area contributed by atoms with Crippen molar-refractivity contribution >= 4 is 10.9 Å². The molecule has 2 heterocycles. The minimum absolute atomic E-state index is 0.569. The number of hydrogen-bond donors (Lipinski definition) is 0. The van der Waals surface area contributed by atoms with Gasteiger partial charge in [-0.1, -0.05) is 25.1 Å². The summed E-state index contributed by atoms with van der Waals surface area (Å²) in [6, 6.07) is 11.9. The van der Waals surface area contributed by atoms with E-state index < -0.39 is 0 Å². The predicted molar refractivity (Wildman–Crippen MR) is 77.6 cm³/mol. The second-order valence-electron chi connectivity index (χ2n) is 4.63. The van der Waals surface area contributed by atoms with Crippen molar-refractivity contribution < 1.29 is 0 Å². The number of hydrogen-bond acceptors (Lipinski definition) is 3. The van der Waals surface area contributed by atoms with Gasteiger partial charge >= 0.3 is 0 Å². The van der Waals surface area contributed by atoms with Gasteiger partial charge in [-0.05, 0) is 18.6 Å². The van der Waals surface area contributed by atoms with Crippen LogP contribution in [0, 0.1) is 11.3 Å². The van der Waals surface area contributed by atoms with E-state index in [9.17, 15) is 5.26 Å². The number of benzene rings is 1. The minimum atomic E-state index is 0.569. The minimum Gasteiger partial charge on any atom is -0.287 e. The number of pyridine rings is 1. The van der Waals surface area contributed by atoms with E-state index in [0.29, 0.717) is 11.4 Å². The first kappa shape index (κ1) is 12.4. The Morgan fingerprint density at radius 3 is 2.95 bits per heavy atom. The van der Waals surface area contributed by atoms with Crippen LogP contribution >= 0.6 is 0 Å². The van der Waals surface area contributed by atoms with Crippen molar-refractivity contribution in [1.29, 1.82) is 5.26 Å². The molecule has 20 heavy (non-hydrogen) atoms. The molecule has 0 aliphatic rings. The Bertz CT molecular complexity index is 796. The molecule has 0 bridgehead atoms. The summed E-state index contributed by atoms with van der Waals surface area (Å²) in [7, 11) is 0. The first-order valence-electron chi connectivity index (χ1n) is 6.66. The maximum absolute atomic E-state index is 9.37. The third-order valence-electron chi connectivity index (χ3n) is 3.24. The van der Waals surface area contributed by atoms with Crippen molar-refractivity contribution in [3.8, 4) is 11.9 Å². The summed E-state index contributed by atoms with van der Waals surface area (Å²) < 4.78 is 1.91. The first-order chi connectivity index (χ1) is 9.83. The van der Waals surface area contributed by atoms with Crippen molar-refractivity contribution in [2.75, 3.05) is 0 Å². The molecule has 0 N–H and O–H groups in total. The highest BCUT2D eigenvalue weighted by molar-refractivity contribution is 5.81. The summed E-state index contributed by atoms with van der Waals surface area (Å²) in [6.45, 7) is 2.11. The van der Waals surface area contributed by atoms with Gasteiger partial charge in [0.15, 0.2) is 5.82 Å². The van der Waals surface area contributed by atoms with Gasteiger partial charge in [0.1, 0.15) is 11.9 Å². The van der Waals surface area contributed by atoms with Gasteiger partial charge in [-0.2, -0.15) is 5.26 Å². The van der Waals surface area contributed by atoms with Crippen molar-refractivity contribution in [3.63, 3.8) is 0 Å². The second-order valence-corrected chi connectivity index (χ2v) is 4.63. The maximum atomic E-state index is 9.37.